The van der Waals surface area contributed by atoms with E-state index in [9.17, 15) is 9.59 Å². The number of methoxy groups -OCH3 is 1. The molecule has 2 aromatic rings. The summed E-state index contributed by atoms with van der Waals surface area (Å²) in [6.45, 7) is 10.7. The molecular weight excluding hydrogens is 478 g/mol. The zero-order chi connectivity index (χ0) is 27.1. The first-order valence-electron chi connectivity index (χ1n) is 13.9. The van der Waals surface area contributed by atoms with Crippen molar-refractivity contribution in [3.05, 3.63) is 59.7 Å². The molecule has 0 atom stereocenters. The van der Waals surface area contributed by atoms with E-state index >= 15 is 0 Å². The number of hydrogen-bond acceptors (Lipinski definition) is 4. The van der Waals surface area contributed by atoms with Crippen molar-refractivity contribution in [1.82, 2.24) is 15.1 Å². The maximum absolute atomic E-state index is 13.0. The normalized spacial score (nSPS) is 17.3. The van der Waals surface area contributed by atoms with Crippen molar-refractivity contribution in [2.45, 2.75) is 59.6 Å². The Morgan fingerprint density at radius 3 is 2.11 bits per heavy atom. The largest absolute Gasteiger partial charge is 0.493 e. The van der Waals surface area contributed by atoms with E-state index in [1.165, 1.54) is 0 Å². The van der Waals surface area contributed by atoms with Crippen LogP contribution in [0.2, 0.25) is 0 Å². The van der Waals surface area contributed by atoms with E-state index in [-0.39, 0.29) is 17.9 Å². The number of nitrogens with one attached hydrogen (secondary N) is 1. The van der Waals surface area contributed by atoms with Gasteiger partial charge in [0.15, 0.2) is 11.5 Å². The minimum atomic E-state index is -0.0685. The molecular formula is C31H43N3O4. The number of amides is 3. The molecule has 0 aliphatic carbocycles. The van der Waals surface area contributed by atoms with Crippen molar-refractivity contribution >= 4 is 11.9 Å². The van der Waals surface area contributed by atoms with E-state index < -0.39 is 0 Å². The van der Waals surface area contributed by atoms with Gasteiger partial charge in [-0.25, -0.2) is 4.79 Å². The first-order chi connectivity index (χ1) is 18.2. The monoisotopic (exact) mass is 521 g/mol. The zero-order valence-corrected chi connectivity index (χ0v) is 23.4. The number of urea groups is 1. The van der Waals surface area contributed by atoms with Crippen molar-refractivity contribution < 1.29 is 19.1 Å². The standard InChI is InChI=1S/C31H43N3O4/c1-31(2,3)26-14-18-34(19-15-26)30(36)33-16-12-25(13-17-33)29(35)32-21-24-10-11-27(28(20-24)37-4)38-22-23-8-6-5-7-9-23/h5-11,20,25-26H,12-19,21-22H2,1-4H3,(H,32,35). The lowest BCUT2D eigenvalue weighted by atomic mass is 9.75. The molecule has 0 spiro atoms. The van der Waals surface area contributed by atoms with E-state index in [1.807, 2.05) is 58.3 Å². The van der Waals surface area contributed by atoms with Crippen LogP contribution in [0.1, 0.15) is 57.6 Å². The smallest absolute Gasteiger partial charge is 0.319 e. The van der Waals surface area contributed by atoms with Crippen molar-refractivity contribution in [1.29, 1.82) is 0 Å². The third kappa shape index (κ3) is 7.21. The molecule has 0 bridgehead atoms. The third-order valence-corrected chi connectivity index (χ3v) is 8.06. The van der Waals surface area contributed by atoms with Crippen LogP contribution >= 0.6 is 0 Å². The number of ether oxygens (including phenoxy) is 2. The highest BCUT2D eigenvalue weighted by Crippen LogP contribution is 2.35. The fourth-order valence-electron chi connectivity index (χ4n) is 5.48. The number of carbonyl (C=O) groups is 2. The van der Waals surface area contributed by atoms with Crippen molar-refractivity contribution in [2.24, 2.45) is 17.3 Å². The average Bonchev–Trinajstić information content (AvgIpc) is 2.94. The number of likely N-dealkylation sites (tertiary alicyclic amines) is 2. The Morgan fingerprint density at radius 1 is 0.868 bits per heavy atom. The summed E-state index contributed by atoms with van der Waals surface area (Å²) >= 11 is 0. The van der Waals surface area contributed by atoms with E-state index in [2.05, 4.69) is 26.1 Å². The van der Waals surface area contributed by atoms with Crippen LogP contribution in [-0.2, 0) is 17.9 Å². The number of hydrogen-bond donors (Lipinski definition) is 1. The molecule has 4 rings (SSSR count). The number of rotatable bonds is 7. The average molecular weight is 522 g/mol. The third-order valence-electron chi connectivity index (χ3n) is 8.06. The molecule has 7 heteroatoms. The first kappa shape index (κ1) is 27.8. The lowest BCUT2D eigenvalue weighted by Crippen LogP contribution is -2.51. The summed E-state index contributed by atoms with van der Waals surface area (Å²) in [5, 5.41) is 3.07. The second-order valence-corrected chi connectivity index (χ2v) is 11.6. The summed E-state index contributed by atoms with van der Waals surface area (Å²) in [5.41, 5.74) is 2.33. The van der Waals surface area contributed by atoms with Gasteiger partial charge in [0, 0.05) is 38.6 Å². The molecule has 1 N–H and O–H groups in total. The van der Waals surface area contributed by atoms with Crippen LogP contribution in [0.15, 0.2) is 48.5 Å². The van der Waals surface area contributed by atoms with Gasteiger partial charge in [-0.1, -0.05) is 57.2 Å². The molecule has 2 saturated heterocycles. The van der Waals surface area contributed by atoms with Crippen LogP contribution in [0.25, 0.3) is 0 Å². The van der Waals surface area contributed by atoms with Crippen molar-refractivity contribution in [3.8, 4) is 11.5 Å². The molecule has 0 radical (unpaired) electrons. The quantitative estimate of drug-likeness (QED) is 0.524. The minimum absolute atomic E-state index is 0.0476. The van der Waals surface area contributed by atoms with Gasteiger partial charge in [-0.3, -0.25) is 4.79 Å². The van der Waals surface area contributed by atoms with Gasteiger partial charge in [0.1, 0.15) is 6.61 Å². The van der Waals surface area contributed by atoms with Gasteiger partial charge in [-0.2, -0.15) is 0 Å². The van der Waals surface area contributed by atoms with Gasteiger partial charge >= 0.3 is 6.03 Å². The maximum Gasteiger partial charge on any atom is 0.319 e. The Kier molecular flexibility index (Phi) is 9.18. The second kappa shape index (κ2) is 12.5. The predicted molar refractivity (Wildman–Crippen MR) is 149 cm³/mol. The highest BCUT2D eigenvalue weighted by atomic mass is 16.5. The highest BCUT2D eigenvalue weighted by Gasteiger charge is 2.34. The van der Waals surface area contributed by atoms with Gasteiger partial charge in [0.2, 0.25) is 5.91 Å². The summed E-state index contributed by atoms with van der Waals surface area (Å²) in [6.07, 6.45) is 3.54. The van der Waals surface area contributed by atoms with Gasteiger partial charge < -0.3 is 24.6 Å². The highest BCUT2D eigenvalue weighted by molar-refractivity contribution is 5.79. The SMILES string of the molecule is COc1cc(CNC(=O)C2CCN(C(=O)N3CCC(C(C)(C)C)CC3)CC2)ccc1OCc1ccccc1. The van der Waals surface area contributed by atoms with Crippen molar-refractivity contribution in [2.75, 3.05) is 33.3 Å². The molecule has 0 saturated carbocycles. The van der Waals surface area contributed by atoms with Crippen LogP contribution in [0.4, 0.5) is 4.79 Å². The summed E-state index contributed by atoms with van der Waals surface area (Å²) < 4.78 is 11.5. The molecule has 0 unspecified atom stereocenters. The van der Waals surface area contributed by atoms with Gasteiger partial charge in [-0.05, 0) is 60.3 Å². The topological polar surface area (TPSA) is 71.1 Å². The summed E-state index contributed by atoms with van der Waals surface area (Å²) in [7, 11) is 1.62. The fraction of sp³-hybridized carbons (Fsp3) is 0.548. The van der Waals surface area contributed by atoms with Crippen LogP contribution < -0.4 is 14.8 Å². The van der Waals surface area contributed by atoms with E-state index in [0.717, 1.165) is 37.1 Å². The van der Waals surface area contributed by atoms with Crippen molar-refractivity contribution in [3.63, 3.8) is 0 Å². The van der Waals surface area contributed by atoms with E-state index in [1.54, 1.807) is 7.11 Å². The lowest BCUT2D eigenvalue weighted by Gasteiger charge is -2.41. The van der Waals surface area contributed by atoms with E-state index in [0.29, 0.717) is 61.9 Å². The van der Waals surface area contributed by atoms with Gasteiger partial charge in [0.05, 0.1) is 7.11 Å². The maximum atomic E-state index is 13.0. The number of benzene rings is 2. The first-order valence-corrected chi connectivity index (χ1v) is 13.9. The Bertz CT molecular complexity index is 1070. The van der Waals surface area contributed by atoms with E-state index in [4.69, 9.17) is 9.47 Å². The molecule has 3 amide bonds. The molecule has 2 aliphatic heterocycles. The van der Waals surface area contributed by atoms with Crippen LogP contribution in [0.5, 0.6) is 11.5 Å². The van der Waals surface area contributed by atoms with Crippen LogP contribution in [-0.4, -0.2) is 55.0 Å². The molecule has 206 valence electrons. The molecule has 38 heavy (non-hydrogen) atoms. The zero-order valence-electron chi connectivity index (χ0n) is 23.4. The Morgan fingerprint density at radius 2 is 1.50 bits per heavy atom. The van der Waals surface area contributed by atoms with Gasteiger partial charge in [0.25, 0.3) is 0 Å². The lowest BCUT2D eigenvalue weighted by molar-refractivity contribution is -0.126. The van der Waals surface area contributed by atoms with Crippen LogP contribution in [0.3, 0.4) is 0 Å². The van der Waals surface area contributed by atoms with Crippen LogP contribution in [0, 0.1) is 17.3 Å². The number of carbonyl (C=O) groups excluding carboxylic acids is 2. The Hall–Kier alpha value is -3.22. The molecule has 2 fully saturated rings. The predicted octanol–water partition coefficient (Wildman–Crippen LogP) is 5.48. The summed E-state index contributed by atoms with van der Waals surface area (Å²) in [5.74, 6) is 1.96. The second-order valence-electron chi connectivity index (χ2n) is 11.6. The number of nitrogens with zero attached hydrogens (tertiary/aromatic N) is 2. The molecule has 2 heterocycles. The molecule has 2 aliphatic rings. The summed E-state index contributed by atoms with van der Waals surface area (Å²) in [6, 6.07) is 15.9. The molecule has 0 aromatic heterocycles. The summed E-state index contributed by atoms with van der Waals surface area (Å²) in [4.78, 5) is 29.9. The Balaban J connectivity index is 1.21. The van der Waals surface area contributed by atoms with Gasteiger partial charge in [-0.15, -0.1) is 0 Å². The minimum Gasteiger partial charge on any atom is -0.493 e. The number of piperidine rings is 2. The molecule has 7 nitrogen and oxygen atoms in total. The Labute approximate surface area is 227 Å². The molecule has 2 aromatic carbocycles. The fourth-order valence-corrected chi connectivity index (χ4v) is 5.48.